The second-order valence-electron chi connectivity index (χ2n) is 4.78. The van der Waals surface area contributed by atoms with Crippen LogP contribution in [0.4, 0.5) is 11.4 Å². The normalized spacial score (nSPS) is 12.3. The van der Waals surface area contributed by atoms with Gasteiger partial charge in [-0.25, -0.2) is 0 Å². The molecule has 0 fully saturated rings. The molecule has 1 unspecified atom stereocenters. The summed E-state index contributed by atoms with van der Waals surface area (Å²) in [5.74, 6) is 0.812. The van der Waals surface area contributed by atoms with Crippen molar-refractivity contribution >= 4 is 11.4 Å². The highest BCUT2D eigenvalue weighted by Gasteiger charge is 2.17. The van der Waals surface area contributed by atoms with Gasteiger partial charge in [0.1, 0.15) is 0 Å². The molecule has 0 aliphatic rings. The van der Waals surface area contributed by atoms with E-state index in [1.165, 1.54) is 6.07 Å². The maximum atomic E-state index is 10.9. The van der Waals surface area contributed by atoms with E-state index in [4.69, 9.17) is 4.74 Å². The van der Waals surface area contributed by atoms with Crippen LogP contribution in [0.15, 0.2) is 18.2 Å². The molecule has 106 valence electrons. The lowest BCUT2D eigenvalue weighted by molar-refractivity contribution is -0.385. The molecule has 0 aliphatic carbocycles. The molecular formula is C14H22N2O3. The van der Waals surface area contributed by atoms with Crippen LogP contribution in [-0.2, 0) is 0 Å². The molecule has 0 bridgehead atoms. The summed E-state index contributed by atoms with van der Waals surface area (Å²) in [5, 5.41) is 14.3. The molecule has 5 nitrogen and oxygen atoms in total. The van der Waals surface area contributed by atoms with E-state index in [-0.39, 0.29) is 5.69 Å². The van der Waals surface area contributed by atoms with Crippen LogP contribution < -0.4 is 10.1 Å². The molecule has 0 amide bonds. The van der Waals surface area contributed by atoms with Gasteiger partial charge in [-0.15, -0.1) is 0 Å². The van der Waals surface area contributed by atoms with Crippen molar-refractivity contribution in [1.82, 2.24) is 0 Å². The molecule has 1 aromatic carbocycles. The van der Waals surface area contributed by atoms with Gasteiger partial charge in [-0.1, -0.05) is 20.8 Å². The summed E-state index contributed by atoms with van der Waals surface area (Å²) >= 11 is 0. The van der Waals surface area contributed by atoms with Crippen LogP contribution in [0, 0.1) is 16.0 Å². The van der Waals surface area contributed by atoms with Crippen molar-refractivity contribution in [3.63, 3.8) is 0 Å². The Morgan fingerprint density at radius 1 is 1.37 bits per heavy atom. The number of nitro groups is 1. The Bertz CT molecular complexity index is 433. The summed E-state index contributed by atoms with van der Waals surface area (Å²) < 4.78 is 5.33. The van der Waals surface area contributed by atoms with E-state index in [0.29, 0.717) is 24.3 Å². The van der Waals surface area contributed by atoms with E-state index < -0.39 is 4.92 Å². The number of nitrogens with zero attached hydrogens (tertiary/aromatic N) is 1. The topological polar surface area (TPSA) is 64.4 Å². The first-order chi connectivity index (χ1) is 8.99. The van der Waals surface area contributed by atoms with Gasteiger partial charge in [0, 0.05) is 23.9 Å². The largest absolute Gasteiger partial charge is 0.487 e. The van der Waals surface area contributed by atoms with Crippen molar-refractivity contribution in [2.24, 2.45) is 5.92 Å². The fraction of sp³-hybridized carbons (Fsp3) is 0.571. The van der Waals surface area contributed by atoms with Crippen LogP contribution >= 0.6 is 0 Å². The molecule has 0 heterocycles. The van der Waals surface area contributed by atoms with Gasteiger partial charge < -0.3 is 10.1 Å². The van der Waals surface area contributed by atoms with E-state index >= 15 is 0 Å². The third kappa shape index (κ3) is 4.12. The fourth-order valence-corrected chi connectivity index (χ4v) is 1.98. The molecule has 1 rings (SSSR count). The first kappa shape index (κ1) is 15.3. The smallest absolute Gasteiger partial charge is 0.311 e. The number of rotatable bonds is 7. The summed E-state index contributed by atoms with van der Waals surface area (Å²) in [6.07, 6.45) is 0.999. The predicted molar refractivity (Wildman–Crippen MR) is 76.8 cm³/mol. The first-order valence-corrected chi connectivity index (χ1v) is 6.67. The second kappa shape index (κ2) is 6.97. The van der Waals surface area contributed by atoms with E-state index in [0.717, 1.165) is 12.1 Å². The lowest BCUT2D eigenvalue weighted by Crippen LogP contribution is -2.24. The zero-order valence-corrected chi connectivity index (χ0v) is 12.0. The molecule has 19 heavy (non-hydrogen) atoms. The molecule has 5 heteroatoms. The minimum Gasteiger partial charge on any atom is -0.487 e. The summed E-state index contributed by atoms with van der Waals surface area (Å²) in [6.45, 7) is 8.64. The Balaban J connectivity index is 2.97. The van der Waals surface area contributed by atoms with E-state index in [1.54, 1.807) is 12.1 Å². The molecule has 0 aliphatic heterocycles. The van der Waals surface area contributed by atoms with Crippen molar-refractivity contribution in [2.75, 3.05) is 11.9 Å². The lowest BCUT2D eigenvalue weighted by atomic mass is 10.0. The average molecular weight is 266 g/mol. The minimum absolute atomic E-state index is 0.00463. The Kier molecular flexibility index (Phi) is 5.60. The Morgan fingerprint density at radius 3 is 2.53 bits per heavy atom. The first-order valence-electron chi connectivity index (χ1n) is 6.67. The van der Waals surface area contributed by atoms with Gasteiger partial charge in [0.25, 0.3) is 0 Å². The molecule has 1 aromatic rings. The highest BCUT2D eigenvalue weighted by Crippen LogP contribution is 2.30. The fourth-order valence-electron chi connectivity index (χ4n) is 1.98. The monoisotopic (exact) mass is 266 g/mol. The summed E-state index contributed by atoms with van der Waals surface area (Å²) in [5.41, 5.74) is 0.861. The number of hydrogen-bond acceptors (Lipinski definition) is 4. The zero-order chi connectivity index (χ0) is 14.4. The molecule has 1 atom stereocenters. The quantitative estimate of drug-likeness (QED) is 0.601. The number of benzene rings is 1. The maximum absolute atomic E-state index is 10.9. The van der Waals surface area contributed by atoms with E-state index in [9.17, 15) is 10.1 Å². The molecule has 0 saturated carbocycles. The van der Waals surface area contributed by atoms with Crippen LogP contribution in [0.3, 0.4) is 0 Å². The Morgan fingerprint density at radius 2 is 2.05 bits per heavy atom. The van der Waals surface area contributed by atoms with Crippen molar-refractivity contribution in [3.05, 3.63) is 28.3 Å². The van der Waals surface area contributed by atoms with Crippen molar-refractivity contribution in [1.29, 1.82) is 0 Å². The number of ether oxygens (including phenoxy) is 1. The van der Waals surface area contributed by atoms with E-state index in [1.807, 2.05) is 6.92 Å². The Labute approximate surface area is 114 Å². The molecule has 0 saturated heterocycles. The van der Waals surface area contributed by atoms with Crippen molar-refractivity contribution < 1.29 is 9.66 Å². The Hall–Kier alpha value is -1.78. The zero-order valence-electron chi connectivity index (χ0n) is 12.0. The standard InChI is InChI=1S/C14H22N2O3/c1-5-12(10(3)4)15-11-7-8-13(16(17)18)14(9-11)19-6-2/h7-10,12,15H,5-6H2,1-4H3. The SMILES string of the molecule is CCOc1cc(NC(CC)C(C)C)ccc1[N+](=O)[O-]. The van der Waals surface area contributed by atoms with Crippen molar-refractivity contribution in [3.8, 4) is 5.75 Å². The molecule has 0 radical (unpaired) electrons. The highest BCUT2D eigenvalue weighted by atomic mass is 16.6. The maximum Gasteiger partial charge on any atom is 0.311 e. The van der Waals surface area contributed by atoms with Crippen LogP contribution in [0.2, 0.25) is 0 Å². The average Bonchev–Trinajstić information content (AvgIpc) is 2.35. The summed E-state index contributed by atoms with van der Waals surface area (Å²) in [6, 6.07) is 5.26. The van der Waals surface area contributed by atoms with Gasteiger partial charge in [-0.05, 0) is 25.3 Å². The third-order valence-electron chi connectivity index (χ3n) is 3.05. The van der Waals surface area contributed by atoms with Gasteiger partial charge in [0.2, 0.25) is 0 Å². The number of anilines is 1. The molecule has 0 aromatic heterocycles. The van der Waals surface area contributed by atoms with Crippen LogP contribution in [0.1, 0.15) is 34.1 Å². The van der Waals surface area contributed by atoms with Gasteiger partial charge in [0.05, 0.1) is 11.5 Å². The number of hydrogen-bond donors (Lipinski definition) is 1. The lowest BCUT2D eigenvalue weighted by Gasteiger charge is -2.22. The van der Waals surface area contributed by atoms with Gasteiger partial charge >= 0.3 is 5.69 Å². The van der Waals surface area contributed by atoms with Gasteiger partial charge in [0.15, 0.2) is 5.75 Å². The van der Waals surface area contributed by atoms with Crippen LogP contribution in [0.25, 0.3) is 0 Å². The van der Waals surface area contributed by atoms with E-state index in [2.05, 4.69) is 26.1 Å². The third-order valence-corrected chi connectivity index (χ3v) is 3.05. The summed E-state index contributed by atoms with van der Waals surface area (Å²) in [7, 11) is 0. The highest BCUT2D eigenvalue weighted by molar-refractivity contribution is 5.58. The molecule has 1 N–H and O–H groups in total. The summed E-state index contributed by atoms with van der Waals surface area (Å²) in [4.78, 5) is 10.5. The predicted octanol–water partition coefficient (Wildman–Crippen LogP) is 3.84. The van der Waals surface area contributed by atoms with Crippen LogP contribution in [0.5, 0.6) is 5.75 Å². The van der Waals surface area contributed by atoms with Gasteiger partial charge in [-0.2, -0.15) is 0 Å². The minimum atomic E-state index is -0.422. The van der Waals surface area contributed by atoms with Crippen LogP contribution in [-0.4, -0.2) is 17.6 Å². The molecular weight excluding hydrogens is 244 g/mol. The number of nitro benzene ring substituents is 1. The molecule has 0 spiro atoms. The second-order valence-corrected chi connectivity index (χ2v) is 4.78. The number of nitrogens with one attached hydrogen (secondary N) is 1. The van der Waals surface area contributed by atoms with Crippen molar-refractivity contribution in [2.45, 2.75) is 40.2 Å². The van der Waals surface area contributed by atoms with Gasteiger partial charge in [-0.3, -0.25) is 10.1 Å².